The lowest BCUT2D eigenvalue weighted by molar-refractivity contribution is 0.159. The number of fused-ring (bicyclic) bond motifs is 1. The van der Waals surface area contributed by atoms with E-state index in [1.165, 1.54) is 11.1 Å². The van der Waals surface area contributed by atoms with E-state index in [0.717, 1.165) is 44.0 Å². The minimum atomic E-state index is 0.599. The van der Waals surface area contributed by atoms with Crippen molar-refractivity contribution in [2.75, 3.05) is 39.7 Å². The summed E-state index contributed by atoms with van der Waals surface area (Å²) in [7, 11) is 3.85. The molecule has 21 heavy (non-hydrogen) atoms. The van der Waals surface area contributed by atoms with Crippen molar-refractivity contribution in [1.82, 2.24) is 14.5 Å². The van der Waals surface area contributed by atoms with E-state index in [1.807, 2.05) is 0 Å². The van der Waals surface area contributed by atoms with E-state index in [0.29, 0.717) is 5.88 Å². The molecule has 0 aliphatic heterocycles. The van der Waals surface area contributed by atoms with Gasteiger partial charge in [0.2, 0.25) is 0 Å². The third-order valence-corrected chi connectivity index (χ3v) is 3.87. The molecule has 0 bridgehead atoms. The summed E-state index contributed by atoms with van der Waals surface area (Å²) < 4.78 is 7.42. The standard InChI is InChI=1S/C16H24ClN3O/c1-13-4-5-14-15(12-13)20(16(18-14)6-7-17)9-8-19(2)10-11-21-3/h4-5,12H,6-11H2,1-3H3. The molecule has 0 N–H and O–H groups in total. The number of methoxy groups -OCH3 is 1. The Kier molecular flexibility index (Phi) is 6.03. The smallest absolute Gasteiger partial charge is 0.111 e. The van der Waals surface area contributed by atoms with E-state index in [-0.39, 0.29) is 0 Å². The molecule has 2 aromatic rings. The average molecular weight is 310 g/mol. The van der Waals surface area contributed by atoms with Crippen LogP contribution >= 0.6 is 11.6 Å². The van der Waals surface area contributed by atoms with Crippen LogP contribution in [0, 0.1) is 6.92 Å². The fourth-order valence-corrected chi connectivity index (χ4v) is 2.61. The van der Waals surface area contributed by atoms with Crippen molar-refractivity contribution in [3.63, 3.8) is 0 Å². The SMILES string of the molecule is COCCN(C)CCn1c(CCCl)nc2ccc(C)cc21. The number of halogens is 1. The van der Waals surface area contributed by atoms with Crippen molar-refractivity contribution >= 4 is 22.6 Å². The Hall–Kier alpha value is -1.10. The monoisotopic (exact) mass is 309 g/mol. The Morgan fingerprint density at radius 2 is 2.14 bits per heavy atom. The Bertz CT molecular complexity index is 582. The molecule has 0 spiro atoms. The summed E-state index contributed by atoms with van der Waals surface area (Å²) >= 11 is 5.92. The highest BCUT2D eigenvalue weighted by Crippen LogP contribution is 2.18. The first-order valence-electron chi connectivity index (χ1n) is 7.35. The van der Waals surface area contributed by atoms with Gasteiger partial charge in [-0.25, -0.2) is 4.98 Å². The quantitative estimate of drug-likeness (QED) is 0.702. The van der Waals surface area contributed by atoms with Gasteiger partial charge in [-0.3, -0.25) is 0 Å². The van der Waals surface area contributed by atoms with Crippen molar-refractivity contribution in [2.24, 2.45) is 0 Å². The molecule has 1 aromatic carbocycles. The molecule has 4 nitrogen and oxygen atoms in total. The van der Waals surface area contributed by atoms with Gasteiger partial charge in [0.1, 0.15) is 5.82 Å². The van der Waals surface area contributed by atoms with E-state index < -0.39 is 0 Å². The summed E-state index contributed by atoms with van der Waals surface area (Å²) in [5.41, 5.74) is 3.52. The first kappa shape index (κ1) is 16.3. The number of aryl methyl sites for hydroxylation is 2. The lowest BCUT2D eigenvalue weighted by Gasteiger charge is -2.17. The van der Waals surface area contributed by atoms with Crippen LogP contribution in [0.25, 0.3) is 11.0 Å². The summed E-state index contributed by atoms with van der Waals surface area (Å²) in [6.45, 7) is 5.70. The van der Waals surface area contributed by atoms with Crippen LogP contribution in [0.2, 0.25) is 0 Å². The van der Waals surface area contributed by atoms with Gasteiger partial charge in [0, 0.05) is 39.0 Å². The van der Waals surface area contributed by atoms with Crippen LogP contribution in [0.4, 0.5) is 0 Å². The summed E-state index contributed by atoms with van der Waals surface area (Å²) in [5, 5.41) is 0. The van der Waals surface area contributed by atoms with Crippen molar-refractivity contribution in [1.29, 1.82) is 0 Å². The molecule has 1 aromatic heterocycles. The number of rotatable bonds is 8. The first-order valence-corrected chi connectivity index (χ1v) is 7.88. The second-order valence-corrected chi connectivity index (χ2v) is 5.78. The number of ether oxygens (including phenoxy) is 1. The molecule has 0 aliphatic rings. The zero-order valence-corrected chi connectivity index (χ0v) is 13.9. The van der Waals surface area contributed by atoms with Gasteiger partial charge in [-0.05, 0) is 31.7 Å². The maximum Gasteiger partial charge on any atom is 0.111 e. The van der Waals surface area contributed by atoms with Gasteiger partial charge in [0.05, 0.1) is 17.6 Å². The lowest BCUT2D eigenvalue weighted by Crippen LogP contribution is -2.27. The first-order chi connectivity index (χ1) is 10.2. The summed E-state index contributed by atoms with van der Waals surface area (Å²) in [6.07, 6.45) is 0.803. The Labute approximate surface area is 131 Å². The second-order valence-electron chi connectivity index (χ2n) is 5.41. The van der Waals surface area contributed by atoms with Gasteiger partial charge in [-0.2, -0.15) is 0 Å². The third kappa shape index (κ3) is 4.19. The predicted molar refractivity (Wildman–Crippen MR) is 88.3 cm³/mol. The minimum Gasteiger partial charge on any atom is -0.383 e. The number of alkyl halides is 1. The molecule has 5 heteroatoms. The molecule has 0 atom stereocenters. The molecule has 0 amide bonds. The van der Waals surface area contributed by atoms with Crippen LogP contribution in [-0.4, -0.2) is 54.2 Å². The zero-order valence-electron chi connectivity index (χ0n) is 13.1. The van der Waals surface area contributed by atoms with Gasteiger partial charge in [0.15, 0.2) is 0 Å². The molecular formula is C16H24ClN3O. The number of aromatic nitrogens is 2. The number of hydrogen-bond acceptors (Lipinski definition) is 3. The largest absolute Gasteiger partial charge is 0.383 e. The molecule has 0 aliphatic carbocycles. The molecular weight excluding hydrogens is 286 g/mol. The molecule has 0 saturated carbocycles. The molecule has 2 rings (SSSR count). The van der Waals surface area contributed by atoms with Gasteiger partial charge in [-0.15, -0.1) is 11.6 Å². The van der Waals surface area contributed by atoms with Crippen LogP contribution in [-0.2, 0) is 17.7 Å². The van der Waals surface area contributed by atoms with E-state index >= 15 is 0 Å². The summed E-state index contributed by atoms with van der Waals surface area (Å²) in [6, 6.07) is 6.40. The molecule has 0 unspecified atom stereocenters. The fraction of sp³-hybridized carbons (Fsp3) is 0.562. The number of nitrogens with zero attached hydrogens (tertiary/aromatic N) is 3. The third-order valence-electron chi connectivity index (χ3n) is 3.68. The van der Waals surface area contributed by atoms with E-state index in [2.05, 4.69) is 41.6 Å². The van der Waals surface area contributed by atoms with Crippen LogP contribution in [0.1, 0.15) is 11.4 Å². The summed E-state index contributed by atoms with van der Waals surface area (Å²) in [4.78, 5) is 6.99. The summed E-state index contributed by atoms with van der Waals surface area (Å²) in [5.74, 6) is 1.67. The van der Waals surface area contributed by atoms with E-state index in [4.69, 9.17) is 21.3 Å². The van der Waals surface area contributed by atoms with Crippen LogP contribution in [0.5, 0.6) is 0 Å². The Balaban J connectivity index is 2.19. The van der Waals surface area contributed by atoms with Gasteiger partial charge in [0.25, 0.3) is 0 Å². The van der Waals surface area contributed by atoms with Gasteiger partial charge >= 0.3 is 0 Å². The number of benzene rings is 1. The van der Waals surface area contributed by atoms with Crippen LogP contribution < -0.4 is 0 Å². The predicted octanol–water partition coefficient (Wildman–Crippen LogP) is 2.70. The van der Waals surface area contributed by atoms with Gasteiger partial charge < -0.3 is 14.2 Å². The van der Waals surface area contributed by atoms with Gasteiger partial charge in [-0.1, -0.05) is 6.07 Å². The maximum absolute atomic E-state index is 5.92. The highest BCUT2D eigenvalue weighted by Gasteiger charge is 2.11. The second kappa shape index (κ2) is 7.78. The lowest BCUT2D eigenvalue weighted by atomic mass is 10.2. The number of likely N-dealkylation sites (N-methyl/N-ethyl adjacent to an activating group) is 1. The normalized spacial score (nSPS) is 11.7. The van der Waals surface area contributed by atoms with Crippen LogP contribution in [0.3, 0.4) is 0 Å². The molecule has 0 saturated heterocycles. The highest BCUT2D eigenvalue weighted by atomic mass is 35.5. The maximum atomic E-state index is 5.92. The number of hydrogen-bond donors (Lipinski definition) is 0. The molecule has 0 radical (unpaired) electrons. The fourth-order valence-electron chi connectivity index (χ4n) is 2.44. The molecule has 0 fully saturated rings. The van der Waals surface area contributed by atoms with Crippen molar-refractivity contribution in [3.05, 3.63) is 29.6 Å². The average Bonchev–Trinajstić information content (AvgIpc) is 2.80. The topological polar surface area (TPSA) is 30.3 Å². The van der Waals surface area contributed by atoms with Crippen molar-refractivity contribution < 1.29 is 4.74 Å². The molecule has 116 valence electrons. The Morgan fingerprint density at radius 1 is 1.33 bits per heavy atom. The number of imidazole rings is 1. The van der Waals surface area contributed by atoms with E-state index in [1.54, 1.807) is 7.11 Å². The highest BCUT2D eigenvalue weighted by molar-refractivity contribution is 6.17. The molecule has 1 heterocycles. The minimum absolute atomic E-state index is 0.599. The Morgan fingerprint density at radius 3 is 2.86 bits per heavy atom. The van der Waals surface area contributed by atoms with Crippen molar-refractivity contribution in [2.45, 2.75) is 19.9 Å². The zero-order chi connectivity index (χ0) is 15.2. The van der Waals surface area contributed by atoms with E-state index in [9.17, 15) is 0 Å². The van der Waals surface area contributed by atoms with Crippen molar-refractivity contribution in [3.8, 4) is 0 Å². The van der Waals surface area contributed by atoms with Crippen LogP contribution in [0.15, 0.2) is 18.2 Å².